The van der Waals surface area contributed by atoms with Gasteiger partial charge >= 0.3 is 0 Å². The van der Waals surface area contributed by atoms with Crippen LogP contribution < -0.4 is 10.6 Å². The Bertz CT molecular complexity index is 333. The zero-order chi connectivity index (χ0) is 10.7. The average molecular weight is 192 g/mol. The van der Waals surface area contributed by atoms with Gasteiger partial charge in [0.1, 0.15) is 17.3 Å². The molecule has 0 aromatic carbocycles. The summed E-state index contributed by atoms with van der Waals surface area (Å²) in [7, 11) is 1.97. The van der Waals surface area contributed by atoms with E-state index >= 15 is 0 Å². The van der Waals surface area contributed by atoms with E-state index in [1.54, 1.807) is 6.07 Å². The highest BCUT2D eigenvalue weighted by Gasteiger charge is 2.07. The maximum Gasteiger partial charge on any atom is 0.141 e. The molecule has 0 bridgehead atoms. The number of pyridine rings is 1. The van der Waals surface area contributed by atoms with E-state index in [2.05, 4.69) is 18.8 Å². The summed E-state index contributed by atoms with van der Waals surface area (Å²) in [6.07, 6.45) is 0. The van der Waals surface area contributed by atoms with E-state index in [1.807, 2.05) is 24.1 Å². The second-order valence-corrected chi connectivity index (χ2v) is 3.50. The number of nitrogens with two attached hydrogens (primary N) is 1. The SMILES string of the molecule is CC(C)N(C)c1cccc(C(=N)N)n1. The normalized spacial score (nSPS) is 10.3. The highest BCUT2D eigenvalue weighted by molar-refractivity contribution is 5.93. The number of hydrogen-bond donors (Lipinski definition) is 2. The molecule has 0 fully saturated rings. The number of nitrogens with one attached hydrogen (secondary N) is 1. The zero-order valence-corrected chi connectivity index (χ0v) is 8.78. The summed E-state index contributed by atoms with van der Waals surface area (Å²) in [4.78, 5) is 6.30. The average Bonchev–Trinajstić information content (AvgIpc) is 2.16. The number of aromatic nitrogens is 1. The molecule has 0 amide bonds. The van der Waals surface area contributed by atoms with Crippen LogP contribution in [0.25, 0.3) is 0 Å². The fourth-order valence-electron chi connectivity index (χ4n) is 1.03. The molecule has 1 aromatic rings. The van der Waals surface area contributed by atoms with Gasteiger partial charge in [0.2, 0.25) is 0 Å². The lowest BCUT2D eigenvalue weighted by Gasteiger charge is -2.22. The van der Waals surface area contributed by atoms with Crippen LogP contribution in [0.15, 0.2) is 18.2 Å². The van der Waals surface area contributed by atoms with Crippen molar-refractivity contribution >= 4 is 11.7 Å². The lowest BCUT2D eigenvalue weighted by atomic mass is 10.3. The molecule has 0 aliphatic heterocycles. The predicted octanol–water partition coefficient (Wildman–Crippen LogP) is 1.21. The third-order valence-corrected chi connectivity index (χ3v) is 2.15. The molecular weight excluding hydrogens is 176 g/mol. The van der Waals surface area contributed by atoms with Crippen molar-refractivity contribution in [2.75, 3.05) is 11.9 Å². The molecule has 1 heterocycles. The number of nitrogen functional groups attached to an aromatic ring is 1. The molecule has 1 rings (SSSR count). The minimum Gasteiger partial charge on any atom is -0.382 e. The number of nitrogens with zero attached hydrogens (tertiary/aromatic N) is 2. The van der Waals surface area contributed by atoms with E-state index in [0.29, 0.717) is 11.7 Å². The van der Waals surface area contributed by atoms with Crippen LogP contribution in [-0.4, -0.2) is 23.9 Å². The van der Waals surface area contributed by atoms with E-state index in [-0.39, 0.29) is 5.84 Å². The topological polar surface area (TPSA) is 66.0 Å². The fourth-order valence-corrected chi connectivity index (χ4v) is 1.03. The largest absolute Gasteiger partial charge is 0.382 e. The molecular formula is C10H16N4. The second kappa shape index (κ2) is 4.09. The Hall–Kier alpha value is -1.58. The first-order chi connectivity index (χ1) is 6.52. The quantitative estimate of drug-likeness (QED) is 0.559. The first-order valence-corrected chi connectivity index (χ1v) is 4.56. The van der Waals surface area contributed by atoms with Crippen LogP contribution in [0.4, 0.5) is 5.82 Å². The Balaban J connectivity index is 2.99. The van der Waals surface area contributed by atoms with Crippen molar-refractivity contribution in [1.82, 2.24) is 4.98 Å². The summed E-state index contributed by atoms with van der Waals surface area (Å²) in [5, 5.41) is 7.28. The van der Waals surface area contributed by atoms with E-state index in [0.717, 1.165) is 5.82 Å². The van der Waals surface area contributed by atoms with Gasteiger partial charge in [-0.2, -0.15) is 0 Å². The molecule has 0 atom stereocenters. The number of hydrogen-bond acceptors (Lipinski definition) is 3. The van der Waals surface area contributed by atoms with E-state index in [4.69, 9.17) is 11.1 Å². The summed E-state index contributed by atoms with van der Waals surface area (Å²) in [6, 6.07) is 5.88. The Labute approximate surface area is 84.3 Å². The molecule has 0 spiro atoms. The summed E-state index contributed by atoms with van der Waals surface area (Å²) >= 11 is 0. The minimum absolute atomic E-state index is 0.00371. The van der Waals surface area contributed by atoms with Crippen molar-refractivity contribution in [3.63, 3.8) is 0 Å². The third-order valence-electron chi connectivity index (χ3n) is 2.15. The summed E-state index contributed by atoms with van der Waals surface area (Å²) < 4.78 is 0. The Morgan fingerprint density at radius 3 is 2.64 bits per heavy atom. The van der Waals surface area contributed by atoms with Crippen LogP contribution in [0.5, 0.6) is 0 Å². The lowest BCUT2D eigenvalue weighted by Crippen LogP contribution is -2.27. The van der Waals surface area contributed by atoms with E-state index in [9.17, 15) is 0 Å². The van der Waals surface area contributed by atoms with Crippen LogP contribution in [0.1, 0.15) is 19.5 Å². The molecule has 4 nitrogen and oxygen atoms in total. The Morgan fingerprint density at radius 2 is 2.14 bits per heavy atom. The van der Waals surface area contributed by atoms with Crippen LogP contribution in [-0.2, 0) is 0 Å². The van der Waals surface area contributed by atoms with Gasteiger partial charge in [-0.15, -0.1) is 0 Å². The minimum atomic E-state index is 0.00371. The Morgan fingerprint density at radius 1 is 1.50 bits per heavy atom. The molecule has 0 aliphatic carbocycles. The highest BCUT2D eigenvalue weighted by atomic mass is 15.2. The van der Waals surface area contributed by atoms with Gasteiger partial charge in [-0.05, 0) is 26.0 Å². The summed E-state index contributed by atoms with van der Waals surface area (Å²) in [5.41, 5.74) is 5.88. The van der Waals surface area contributed by atoms with Crippen LogP contribution in [0, 0.1) is 5.41 Å². The molecule has 4 heteroatoms. The van der Waals surface area contributed by atoms with E-state index in [1.165, 1.54) is 0 Å². The maximum absolute atomic E-state index is 7.28. The smallest absolute Gasteiger partial charge is 0.141 e. The van der Waals surface area contributed by atoms with Crippen molar-refractivity contribution in [1.29, 1.82) is 5.41 Å². The highest BCUT2D eigenvalue weighted by Crippen LogP contribution is 2.11. The summed E-state index contributed by atoms with van der Waals surface area (Å²) in [6.45, 7) is 4.17. The predicted molar refractivity (Wildman–Crippen MR) is 58.8 cm³/mol. The molecule has 0 unspecified atom stereocenters. The van der Waals surface area contributed by atoms with Crippen molar-refractivity contribution in [2.45, 2.75) is 19.9 Å². The third kappa shape index (κ3) is 2.22. The molecule has 76 valence electrons. The van der Waals surface area contributed by atoms with Crippen LogP contribution >= 0.6 is 0 Å². The number of rotatable bonds is 3. The first kappa shape index (κ1) is 10.5. The van der Waals surface area contributed by atoms with Gasteiger partial charge in [0.25, 0.3) is 0 Å². The second-order valence-electron chi connectivity index (χ2n) is 3.50. The van der Waals surface area contributed by atoms with Gasteiger partial charge in [-0.3, -0.25) is 5.41 Å². The molecule has 0 radical (unpaired) electrons. The van der Waals surface area contributed by atoms with Crippen molar-refractivity contribution in [2.24, 2.45) is 5.73 Å². The molecule has 0 saturated heterocycles. The van der Waals surface area contributed by atoms with Crippen molar-refractivity contribution in [3.05, 3.63) is 23.9 Å². The van der Waals surface area contributed by atoms with Gasteiger partial charge in [-0.1, -0.05) is 6.07 Å². The van der Waals surface area contributed by atoms with Gasteiger partial charge in [0.05, 0.1) is 0 Å². The molecule has 0 aliphatic rings. The Kier molecular flexibility index (Phi) is 3.06. The summed E-state index contributed by atoms with van der Waals surface area (Å²) in [5.74, 6) is 0.844. The maximum atomic E-state index is 7.28. The molecule has 1 aromatic heterocycles. The van der Waals surface area contributed by atoms with E-state index < -0.39 is 0 Å². The number of amidine groups is 1. The fraction of sp³-hybridized carbons (Fsp3) is 0.400. The first-order valence-electron chi connectivity index (χ1n) is 4.56. The van der Waals surface area contributed by atoms with Crippen LogP contribution in [0.3, 0.4) is 0 Å². The molecule has 0 saturated carbocycles. The van der Waals surface area contributed by atoms with Crippen molar-refractivity contribution in [3.8, 4) is 0 Å². The van der Waals surface area contributed by atoms with Gasteiger partial charge in [0, 0.05) is 13.1 Å². The van der Waals surface area contributed by atoms with Crippen molar-refractivity contribution < 1.29 is 0 Å². The number of anilines is 1. The molecule has 3 N–H and O–H groups in total. The van der Waals surface area contributed by atoms with Gasteiger partial charge < -0.3 is 10.6 Å². The zero-order valence-electron chi connectivity index (χ0n) is 8.78. The van der Waals surface area contributed by atoms with Crippen LogP contribution in [0.2, 0.25) is 0 Å². The standard InChI is InChI=1S/C10H16N4/c1-7(2)14(3)9-6-4-5-8(13-9)10(11)12/h4-7H,1-3H3,(H3,11,12). The van der Waals surface area contributed by atoms with Gasteiger partial charge in [0.15, 0.2) is 0 Å². The monoisotopic (exact) mass is 192 g/mol. The lowest BCUT2D eigenvalue weighted by molar-refractivity contribution is 0.743. The van der Waals surface area contributed by atoms with Gasteiger partial charge in [-0.25, -0.2) is 4.98 Å². The molecule has 14 heavy (non-hydrogen) atoms.